The molecule has 7 N–H and O–H groups in total. The standard InChI is InChI=1S/C18H22N8O6/c1-8(14(19)27)22-17(30)10-7-9(4-5-25(10)18(31)11-3-2-6-32-11)26-13(16(21)29)12(15(20)28)23-24-26/h2-3,6,8-10H,4-5,7H2,1H3,(H2,19,27)(H2,20,28)(H2,21,29)(H,22,30)/t8-,9-,10-/m0/s1. The van der Waals surface area contributed by atoms with Crippen LogP contribution in [0.5, 0.6) is 0 Å². The van der Waals surface area contributed by atoms with Gasteiger partial charge in [-0.2, -0.15) is 0 Å². The van der Waals surface area contributed by atoms with Gasteiger partial charge in [-0.05, 0) is 31.9 Å². The third-order valence-electron chi connectivity index (χ3n) is 5.16. The smallest absolute Gasteiger partial charge is 0.290 e. The van der Waals surface area contributed by atoms with Crippen molar-refractivity contribution < 1.29 is 28.4 Å². The predicted octanol–water partition coefficient (Wildman–Crippen LogP) is -2.10. The fourth-order valence-electron chi connectivity index (χ4n) is 3.53. The minimum atomic E-state index is -1.07. The van der Waals surface area contributed by atoms with Crippen LogP contribution < -0.4 is 22.5 Å². The summed E-state index contributed by atoms with van der Waals surface area (Å²) in [5.74, 6) is -3.86. The molecule has 0 aliphatic carbocycles. The van der Waals surface area contributed by atoms with Gasteiger partial charge in [-0.15, -0.1) is 5.10 Å². The molecule has 1 saturated heterocycles. The Balaban J connectivity index is 1.94. The SMILES string of the molecule is C[C@H](NC(=O)[C@@H]1C[C@@H](n2nnc(C(N)=O)c2C(N)=O)CCN1C(=O)c1ccco1)C(N)=O. The van der Waals surface area contributed by atoms with Crippen LogP contribution >= 0.6 is 0 Å². The molecule has 1 aliphatic heterocycles. The van der Waals surface area contributed by atoms with E-state index in [1.54, 1.807) is 0 Å². The summed E-state index contributed by atoms with van der Waals surface area (Å²) < 4.78 is 6.28. The number of aromatic nitrogens is 3. The predicted molar refractivity (Wildman–Crippen MR) is 106 cm³/mol. The van der Waals surface area contributed by atoms with Crippen molar-refractivity contribution in [1.82, 2.24) is 25.2 Å². The molecule has 2 aromatic heterocycles. The number of hydrogen-bond donors (Lipinski definition) is 4. The van der Waals surface area contributed by atoms with Crippen molar-refractivity contribution in [2.75, 3.05) is 6.54 Å². The molecule has 0 aromatic carbocycles. The van der Waals surface area contributed by atoms with Gasteiger partial charge in [0.2, 0.25) is 11.8 Å². The van der Waals surface area contributed by atoms with E-state index < -0.39 is 53.4 Å². The Morgan fingerprint density at radius 3 is 2.47 bits per heavy atom. The number of carbonyl (C=O) groups is 5. The zero-order valence-corrected chi connectivity index (χ0v) is 17.1. The average molecular weight is 446 g/mol. The first kappa shape index (κ1) is 22.5. The second-order valence-corrected chi connectivity index (χ2v) is 7.26. The highest BCUT2D eigenvalue weighted by Gasteiger charge is 2.40. The number of primary amides is 3. The second-order valence-electron chi connectivity index (χ2n) is 7.26. The van der Waals surface area contributed by atoms with E-state index in [-0.39, 0.29) is 30.8 Å². The van der Waals surface area contributed by atoms with Gasteiger partial charge in [0.15, 0.2) is 17.1 Å². The lowest BCUT2D eigenvalue weighted by molar-refractivity contribution is -0.131. The summed E-state index contributed by atoms with van der Waals surface area (Å²) in [5.41, 5.74) is 15.2. The molecule has 14 nitrogen and oxygen atoms in total. The van der Waals surface area contributed by atoms with Crippen LogP contribution in [0.2, 0.25) is 0 Å². The number of hydrogen-bond acceptors (Lipinski definition) is 8. The minimum Gasteiger partial charge on any atom is -0.459 e. The van der Waals surface area contributed by atoms with E-state index in [4.69, 9.17) is 21.6 Å². The molecule has 32 heavy (non-hydrogen) atoms. The van der Waals surface area contributed by atoms with E-state index in [9.17, 15) is 24.0 Å². The second kappa shape index (κ2) is 8.87. The summed E-state index contributed by atoms with van der Waals surface area (Å²) in [6.45, 7) is 1.47. The Kier molecular flexibility index (Phi) is 6.22. The van der Waals surface area contributed by atoms with Crippen molar-refractivity contribution in [3.63, 3.8) is 0 Å². The topological polar surface area (TPSA) is 223 Å². The van der Waals surface area contributed by atoms with Crippen LogP contribution in [0, 0.1) is 0 Å². The third-order valence-corrected chi connectivity index (χ3v) is 5.16. The molecular formula is C18H22N8O6. The molecule has 0 bridgehead atoms. The summed E-state index contributed by atoms with van der Waals surface area (Å²) in [5, 5.41) is 9.91. The van der Waals surface area contributed by atoms with Gasteiger partial charge < -0.3 is 31.8 Å². The number of amides is 5. The fraction of sp³-hybridized carbons (Fsp3) is 0.389. The molecule has 1 aliphatic rings. The van der Waals surface area contributed by atoms with Gasteiger partial charge in [-0.3, -0.25) is 24.0 Å². The Morgan fingerprint density at radius 2 is 1.91 bits per heavy atom. The van der Waals surface area contributed by atoms with Gasteiger partial charge >= 0.3 is 0 Å². The molecule has 5 amide bonds. The van der Waals surface area contributed by atoms with Crippen LogP contribution in [0.15, 0.2) is 22.8 Å². The fourth-order valence-corrected chi connectivity index (χ4v) is 3.53. The lowest BCUT2D eigenvalue weighted by atomic mass is 9.95. The number of rotatable bonds is 7. The zero-order chi connectivity index (χ0) is 23.6. The van der Waals surface area contributed by atoms with E-state index in [0.717, 1.165) is 4.68 Å². The average Bonchev–Trinajstić information content (AvgIpc) is 3.42. The first-order valence-corrected chi connectivity index (χ1v) is 9.60. The Morgan fingerprint density at radius 1 is 1.19 bits per heavy atom. The van der Waals surface area contributed by atoms with E-state index in [1.165, 1.54) is 30.2 Å². The maximum Gasteiger partial charge on any atom is 0.290 e. The third kappa shape index (κ3) is 4.28. The van der Waals surface area contributed by atoms with Crippen molar-refractivity contribution in [1.29, 1.82) is 0 Å². The number of furan rings is 1. The number of carbonyl (C=O) groups excluding carboxylic acids is 5. The number of piperidine rings is 1. The molecule has 0 saturated carbocycles. The van der Waals surface area contributed by atoms with Crippen molar-refractivity contribution in [3.05, 3.63) is 35.5 Å². The highest BCUT2D eigenvalue weighted by molar-refractivity contribution is 6.03. The molecule has 0 radical (unpaired) electrons. The number of nitrogens with one attached hydrogen (secondary N) is 1. The minimum absolute atomic E-state index is 0.0222. The van der Waals surface area contributed by atoms with Crippen molar-refractivity contribution in [2.24, 2.45) is 17.2 Å². The van der Waals surface area contributed by atoms with Crippen LogP contribution in [0.4, 0.5) is 0 Å². The maximum atomic E-state index is 13.0. The molecule has 3 rings (SSSR count). The largest absolute Gasteiger partial charge is 0.459 e. The molecule has 2 aromatic rings. The van der Waals surface area contributed by atoms with Gasteiger partial charge in [-0.25, -0.2) is 4.68 Å². The van der Waals surface area contributed by atoms with Crippen LogP contribution in [0.3, 0.4) is 0 Å². The van der Waals surface area contributed by atoms with Crippen molar-refractivity contribution in [3.8, 4) is 0 Å². The maximum absolute atomic E-state index is 13.0. The van der Waals surface area contributed by atoms with Gasteiger partial charge in [0.1, 0.15) is 12.1 Å². The Labute approximate surface area is 181 Å². The van der Waals surface area contributed by atoms with E-state index in [0.29, 0.717) is 0 Å². The summed E-state index contributed by atoms with van der Waals surface area (Å²) >= 11 is 0. The summed E-state index contributed by atoms with van der Waals surface area (Å²) in [7, 11) is 0. The summed E-state index contributed by atoms with van der Waals surface area (Å²) in [6.07, 6.45) is 1.55. The number of nitrogens with zero attached hydrogens (tertiary/aromatic N) is 4. The van der Waals surface area contributed by atoms with Gasteiger partial charge in [0.25, 0.3) is 17.7 Å². The first-order valence-electron chi connectivity index (χ1n) is 9.60. The first-order chi connectivity index (χ1) is 15.1. The van der Waals surface area contributed by atoms with Gasteiger partial charge in [0.05, 0.1) is 12.3 Å². The molecule has 0 unspecified atom stereocenters. The number of likely N-dealkylation sites (tertiary alicyclic amines) is 1. The molecular weight excluding hydrogens is 424 g/mol. The van der Waals surface area contributed by atoms with Gasteiger partial charge in [0, 0.05) is 6.54 Å². The lowest BCUT2D eigenvalue weighted by Crippen LogP contribution is -2.56. The van der Waals surface area contributed by atoms with Crippen LogP contribution in [-0.4, -0.2) is 68.1 Å². The van der Waals surface area contributed by atoms with Crippen LogP contribution in [0.1, 0.15) is 57.3 Å². The quantitative estimate of drug-likeness (QED) is 0.368. The molecule has 170 valence electrons. The van der Waals surface area contributed by atoms with Crippen LogP contribution in [0.25, 0.3) is 0 Å². The Bertz CT molecular complexity index is 1060. The monoisotopic (exact) mass is 446 g/mol. The van der Waals surface area contributed by atoms with E-state index in [2.05, 4.69) is 15.6 Å². The van der Waals surface area contributed by atoms with Crippen molar-refractivity contribution in [2.45, 2.75) is 37.9 Å². The van der Waals surface area contributed by atoms with Crippen molar-refractivity contribution >= 4 is 29.5 Å². The molecule has 1 fully saturated rings. The van der Waals surface area contributed by atoms with Gasteiger partial charge in [-0.1, -0.05) is 5.21 Å². The summed E-state index contributed by atoms with van der Waals surface area (Å²) in [4.78, 5) is 62.0. The van der Waals surface area contributed by atoms with E-state index >= 15 is 0 Å². The zero-order valence-electron chi connectivity index (χ0n) is 17.1. The number of nitrogens with two attached hydrogens (primary N) is 3. The normalized spacial score (nSPS) is 19.2. The van der Waals surface area contributed by atoms with Crippen LogP contribution in [-0.2, 0) is 9.59 Å². The lowest BCUT2D eigenvalue weighted by Gasteiger charge is -2.38. The highest BCUT2D eigenvalue weighted by Crippen LogP contribution is 2.30. The summed E-state index contributed by atoms with van der Waals surface area (Å²) in [6, 6.07) is 0.298. The van der Waals surface area contributed by atoms with E-state index in [1.807, 2.05) is 0 Å². The molecule has 3 heterocycles. The Hall–Kier alpha value is -4.23. The molecule has 14 heteroatoms. The molecule has 3 atom stereocenters. The molecule has 0 spiro atoms. The highest BCUT2D eigenvalue weighted by atomic mass is 16.3.